The van der Waals surface area contributed by atoms with Crippen molar-refractivity contribution in [3.05, 3.63) is 59.7 Å². The fraction of sp³-hybridized carbons (Fsp3) is 0.458. The Hall–Kier alpha value is -1.81. The molecule has 0 aromatic heterocycles. The molecule has 2 rings (SSSR count). The standard InChI is InChI=1S/C24H33BrN2O/c1-18(2)21-12-8-13-22(19(3)4)24(21)26-23(28)14-17-27(16-9-15-25)20-10-6-5-7-11-20/h5-8,10-13,18-19H,9,14-17H2,1-4H3,(H,26,28). The molecule has 4 heteroatoms. The molecule has 2 aromatic rings. The van der Waals surface area contributed by atoms with Gasteiger partial charge in [0.05, 0.1) is 0 Å². The van der Waals surface area contributed by atoms with Crippen LogP contribution in [0, 0.1) is 0 Å². The summed E-state index contributed by atoms with van der Waals surface area (Å²) in [6.07, 6.45) is 1.52. The van der Waals surface area contributed by atoms with Gasteiger partial charge in [0.1, 0.15) is 0 Å². The minimum atomic E-state index is 0.0785. The van der Waals surface area contributed by atoms with Crippen LogP contribution >= 0.6 is 15.9 Å². The first kappa shape index (κ1) is 22.5. The van der Waals surface area contributed by atoms with Gasteiger partial charge in [0.25, 0.3) is 0 Å². The Morgan fingerprint density at radius 3 is 2.07 bits per heavy atom. The zero-order chi connectivity index (χ0) is 20.5. The number of carbonyl (C=O) groups is 1. The van der Waals surface area contributed by atoms with Crippen LogP contribution in [0.15, 0.2) is 48.5 Å². The zero-order valence-electron chi connectivity index (χ0n) is 17.5. The summed E-state index contributed by atoms with van der Waals surface area (Å²) in [7, 11) is 0. The van der Waals surface area contributed by atoms with Crippen molar-refractivity contribution in [1.82, 2.24) is 0 Å². The van der Waals surface area contributed by atoms with Gasteiger partial charge in [-0.25, -0.2) is 0 Å². The van der Waals surface area contributed by atoms with Crippen molar-refractivity contribution in [2.75, 3.05) is 28.6 Å². The maximum Gasteiger partial charge on any atom is 0.226 e. The van der Waals surface area contributed by atoms with Crippen molar-refractivity contribution >= 4 is 33.2 Å². The van der Waals surface area contributed by atoms with E-state index in [2.05, 4.69) is 84.2 Å². The van der Waals surface area contributed by atoms with E-state index in [9.17, 15) is 4.79 Å². The molecular formula is C24H33BrN2O. The van der Waals surface area contributed by atoms with Gasteiger partial charge < -0.3 is 10.2 Å². The van der Waals surface area contributed by atoms with Crippen LogP contribution in [0.4, 0.5) is 11.4 Å². The molecule has 0 radical (unpaired) electrons. The van der Waals surface area contributed by atoms with Gasteiger partial charge in [0, 0.05) is 36.2 Å². The van der Waals surface area contributed by atoms with E-state index in [-0.39, 0.29) is 5.91 Å². The van der Waals surface area contributed by atoms with Crippen molar-refractivity contribution in [3.8, 4) is 0 Å². The second kappa shape index (κ2) is 11.3. The number of nitrogens with zero attached hydrogens (tertiary/aromatic N) is 1. The highest BCUT2D eigenvalue weighted by molar-refractivity contribution is 9.09. The van der Waals surface area contributed by atoms with Crippen LogP contribution in [0.2, 0.25) is 0 Å². The van der Waals surface area contributed by atoms with Crippen molar-refractivity contribution in [1.29, 1.82) is 0 Å². The molecule has 0 bridgehead atoms. The highest BCUT2D eigenvalue weighted by atomic mass is 79.9. The largest absolute Gasteiger partial charge is 0.371 e. The van der Waals surface area contributed by atoms with Crippen LogP contribution in [-0.2, 0) is 4.79 Å². The smallest absolute Gasteiger partial charge is 0.226 e. The number of anilines is 2. The number of hydrogen-bond donors (Lipinski definition) is 1. The maximum absolute atomic E-state index is 12.8. The van der Waals surface area contributed by atoms with Crippen LogP contribution in [0.1, 0.15) is 63.5 Å². The molecule has 0 saturated carbocycles. The molecule has 0 aliphatic rings. The van der Waals surface area contributed by atoms with Crippen LogP contribution < -0.4 is 10.2 Å². The third-order valence-corrected chi connectivity index (χ3v) is 5.49. The minimum absolute atomic E-state index is 0.0785. The van der Waals surface area contributed by atoms with E-state index in [0.29, 0.717) is 24.8 Å². The van der Waals surface area contributed by atoms with Crippen LogP contribution in [0.3, 0.4) is 0 Å². The molecule has 0 spiro atoms. The monoisotopic (exact) mass is 444 g/mol. The molecule has 28 heavy (non-hydrogen) atoms. The lowest BCUT2D eigenvalue weighted by molar-refractivity contribution is -0.116. The molecule has 0 aliphatic carbocycles. The lowest BCUT2D eigenvalue weighted by Gasteiger charge is -2.25. The van der Waals surface area contributed by atoms with Crippen LogP contribution in [0.5, 0.6) is 0 Å². The highest BCUT2D eigenvalue weighted by Crippen LogP contribution is 2.32. The number of carbonyl (C=O) groups excluding carboxylic acids is 1. The van der Waals surface area contributed by atoms with E-state index < -0.39 is 0 Å². The van der Waals surface area contributed by atoms with E-state index in [1.807, 2.05) is 18.2 Å². The Balaban J connectivity index is 2.10. The number of alkyl halides is 1. The van der Waals surface area contributed by atoms with Gasteiger partial charge in [-0.3, -0.25) is 4.79 Å². The molecular weight excluding hydrogens is 412 g/mol. The summed E-state index contributed by atoms with van der Waals surface area (Å²) in [6, 6.07) is 16.7. The number of benzene rings is 2. The summed E-state index contributed by atoms with van der Waals surface area (Å²) in [5.74, 6) is 0.817. The van der Waals surface area contributed by atoms with E-state index in [0.717, 1.165) is 24.0 Å². The van der Waals surface area contributed by atoms with Gasteiger partial charge in [-0.15, -0.1) is 0 Å². The second-order valence-electron chi connectivity index (χ2n) is 7.78. The van der Waals surface area contributed by atoms with E-state index >= 15 is 0 Å². The molecule has 2 aromatic carbocycles. The molecule has 0 atom stereocenters. The van der Waals surface area contributed by atoms with E-state index in [1.165, 1.54) is 16.8 Å². The number of rotatable bonds is 10. The van der Waals surface area contributed by atoms with Gasteiger partial charge >= 0.3 is 0 Å². The Bertz CT molecular complexity index is 717. The lowest BCUT2D eigenvalue weighted by atomic mass is 9.92. The number of hydrogen-bond acceptors (Lipinski definition) is 2. The highest BCUT2D eigenvalue weighted by Gasteiger charge is 2.16. The quantitative estimate of drug-likeness (QED) is 0.421. The first-order valence-corrected chi connectivity index (χ1v) is 11.3. The first-order chi connectivity index (χ1) is 13.4. The second-order valence-corrected chi connectivity index (χ2v) is 8.58. The Morgan fingerprint density at radius 1 is 0.929 bits per heavy atom. The third kappa shape index (κ3) is 6.37. The zero-order valence-corrected chi connectivity index (χ0v) is 19.1. The van der Waals surface area contributed by atoms with Gasteiger partial charge in [0.2, 0.25) is 5.91 Å². The summed E-state index contributed by atoms with van der Waals surface area (Å²) in [6.45, 7) is 10.3. The molecule has 1 amide bonds. The summed E-state index contributed by atoms with van der Waals surface area (Å²) < 4.78 is 0. The fourth-order valence-electron chi connectivity index (χ4n) is 3.39. The van der Waals surface area contributed by atoms with Gasteiger partial charge in [-0.2, -0.15) is 0 Å². The Labute approximate surface area is 178 Å². The Morgan fingerprint density at radius 2 is 1.54 bits per heavy atom. The van der Waals surface area contributed by atoms with Gasteiger partial charge in [0.15, 0.2) is 0 Å². The minimum Gasteiger partial charge on any atom is -0.371 e. The number of nitrogens with one attached hydrogen (secondary N) is 1. The van der Waals surface area contributed by atoms with Crippen LogP contribution in [0.25, 0.3) is 0 Å². The summed E-state index contributed by atoms with van der Waals surface area (Å²) in [5, 5.41) is 4.19. The average Bonchev–Trinajstić information content (AvgIpc) is 2.68. The van der Waals surface area contributed by atoms with Crippen molar-refractivity contribution in [2.45, 2.75) is 52.4 Å². The number of para-hydroxylation sites is 2. The molecule has 1 N–H and O–H groups in total. The first-order valence-electron chi connectivity index (χ1n) is 10.2. The molecule has 0 aliphatic heterocycles. The van der Waals surface area contributed by atoms with E-state index in [1.54, 1.807) is 0 Å². The molecule has 3 nitrogen and oxygen atoms in total. The van der Waals surface area contributed by atoms with Crippen molar-refractivity contribution in [3.63, 3.8) is 0 Å². The van der Waals surface area contributed by atoms with Crippen molar-refractivity contribution < 1.29 is 4.79 Å². The molecule has 0 heterocycles. The summed E-state index contributed by atoms with van der Waals surface area (Å²) >= 11 is 3.51. The predicted octanol–water partition coefficient (Wildman–Crippen LogP) is 6.55. The molecule has 0 unspecified atom stereocenters. The van der Waals surface area contributed by atoms with E-state index in [4.69, 9.17) is 0 Å². The molecule has 152 valence electrons. The average molecular weight is 445 g/mol. The topological polar surface area (TPSA) is 32.3 Å². The normalized spacial score (nSPS) is 11.1. The number of halogens is 1. The van der Waals surface area contributed by atoms with Crippen molar-refractivity contribution in [2.24, 2.45) is 0 Å². The fourth-order valence-corrected chi connectivity index (χ4v) is 3.64. The van der Waals surface area contributed by atoms with Gasteiger partial charge in [-0.05, 0) is 41.5 Å². The molecule has 0 saturated heterocycles. The van der Waals surface area contributed by atoms with Crippen LogP contribution in [-0.4, -0.2) is 24.3 Å². The SMILES string of the molecule is CC(C)c1cccc(C(C)C)c1NC(=O)CCN(CCCBr)c1ccccc1. The third-order valence-electron chi connectivity index (χ3n) is 4.93. The summed E-state index contributed by atoms with van der Waals surface area (Å²) in [4.78, 5) is 15.1. The predicted molar refractivity (Wildman–Crippen MR) is 125 cm³/mol. The lowest BCUT2D eigenvalue weighted by Crippen LogP contribution is -2.29. The Kier molecular flexibility index (Phi) is 9.04. The maximum atomic E-state index is 12.8. The summed E-state index contributed by atoms with van der Waals surface area (Å²) in [5.41, 5.74) is 4.59. The van der Waals surface area contributed by atoms with Gasteiger partial charge in [-0.1, -0.05) is 80.0 Å². The number of amides is 1. The molecule has 0 fully saturated rings.